The predicted octanol–water partition coefficient (Wildman–Crippen LogP) is 1.07. The number of aryl methyl sites for hydroxylation is 1. The molecule has 8 heteroatoms. The molecule has 0 saturated carbocycles. The van der Waals surface area contributed by atoms with Crippen molar-refractivity contribution in [3.63, 3.8) is 0 Å². The van der Waals surface area contributed by atoms with E-state index in [1.54, 1.807) is 16.1 Å². The minimum absolute atomic E-state index is 0.156. The van der Waals surface area contributed by atoms with Crippen molar-refractivity contribution in [2.24, 2.45) is 7.05 Å². The Hall–Kier alpha value is -1.12. The summed E-state index contributed by atoms with van der Waals surface area (Å²) in [5, 5.41) is 8.03. The Bertz CT molecular complexity index is 639. The number of nitrogens with zero attached hydrogens (tertiary/aromatic N) is 3. The number of ether oxygens (including phenoxy) is 1. The van der Waals surface area contributed by atoms with E-state index in [9.17, 15) is 8.42 Å². The molecule has 0 bridgehead atoms. The maximum Gasteiger partial charge on any atom is 0.216 e. The Labute approximate surface area is 139 Å². The second-order valence-corrected chi connectivity index (χ2v) is 8.47. The van der Waals surface area contributed by atoms with Crippen LogP contribution in [0, 0.1) is 0 Å². The topological polar surface area (TPSA) is 76.5 Å². The minimum Gasteiger partial charge on any atom is -0.481 e. The third-order valence-corrected chi connectivity index (χ3v) is 5.55. The first kappa shape index (κ1) is 18.2. The van der Waals surface area contributed by atoms with Crippen LogP contribution in [-0.2, 0) is 23.6 Å². The molecule has 1 atom stereocenters. The van der Waals surface area contributed by atoms with Crippen LogP contribution in [0.15, 0.2) is 0 Å². The van der Waals surface area contributed by atoms with Crippen molar-refractivity contribution in [3.8, 4) is 5.88 Å². The SMILES string of the molecule is COc1c(CN[C@H]2CCCN(S(C)(=O)=O)C2)c(C(C)C)nn1C. The van der Waals surface area contributed by atoms with Crippen molar-refractivity contribution < 1.29 is 13.2 Å². The van der Waals surface area contributed by atoms with E-state index in [1.165, 1.54) is 6.26 Å². The molecule has 1 aliphatic heterocycles. The Morgan fingerprint density at radius 2 is 2.13 bits per heavy atom. The number of aromatic nitrogens is 2. The van der Waals surface area contributed by atoms with Crippen LogP contribution in [0.4, 0.5) is 0 Å². The Balaban J connectivity index is 2.09. The molecule has 23 heavy (non-hydrogen) atoms. The molecule has 1 fully saturated rings. The molecule has 1 aromatic heterocycles. The molecule has 2 heterocycles. The Morgan fingerprint density at radius 3 is 2.70 bits per heavy atom. The van der Waals surface area contributed by atoms with Crippen molar-refractivity contribution in [1.29, 1.82) is 0 Å². The van der Waals surface area contributed by atoms with E-state index >= 15 is 0 Å². The number of piperidine rings is 1. The molecule has 0 aromatic carbocycles. The van der Waals surface area contributed by atoms with Crippen LogP contribution in [0.25, 0.3) is 0 Å². The van der Waals surface area contributed by atoms with Crippen molar-refractivity contribution in [3.05, 3.63) is 11.3 Å². The summed E-state index contributed by atoms with van der Waals surface area (Å²) in [4.78, 5) is 0. The first-order valence-electron chi connectivity index (χ1n) is 8.02. The van der Waals surface area contributed by atoms with Gasteiger partial charge in [-0.25, -0.2) is 17.4 Å². The highest BCUT2D eigenvalue weighted by Gasteiger charge is 2.26. The third kappa shape index (κ3) is 4.24. The second kappa shape index (κ2) is 7.19. The molecule has 132 valence electrons. The maximum atomic E-state index is 11.7. The Kier molecular flexibility index (Phi) is 5.70. The molecule has 1 saturated heterocycles. The number of nitrogens with one attached hydrogen (secondary N) is 1. The zero-order valence-electron chi connectivity index (χ0n) is 14.7. The molecular formula is C15H28N4O3S. The fraction of sp³-hybridized carbons (Fsp3) is 0.800. The fourth-order valence-electron chi connectivity index (χ4n) is 3.11. The largest absolute Gasteiger partial charge is 0.481 e. The van der Waals surface area contributed by atoms with E-state index in [-0.39, 0.29) is 6.04 Å². The summed E-state index contributed by atoms with van der Waals surface area (Å²) >= 11 is 0. The highest BCUT2D eigenvalue weighted by atomic mass is 32.2. The summed E-state index contributed by atoms with van der Waals surface area (Å²) in [5.41, 5.74) is 2.08. The zero-order chi connectivity index (χ0) is 17.2. The summed E-state index contributed by atoms with van der Waals surface area (Å²) in [6.07, 6.45) is 3.13. The van der Waals surface area contributed by atoms with Gasteiger partial charge in [0, 0.05) is 32.7 Å². The van der Waals surface area contributed by atoms with Gasteiger partial charge < -0.3 is 10.1 Å². The van der Waals surface area contributed by atoms with Crippen LogP contribution in [0.1, 0.15) is 43.9 Å². The lowest BCUT2D eigenvalue weighted by Gasteiger charge is -2.31. The lowest BCUT2D eigenvalue weighted by atomic mass is 10.0. The van der Waals surface area contributed by atoms with Crippen LogP contribution in [0.3, 0.4) is 0 Å². The standard InChI is InChI=1S/C15H28N4O3S/c1-11(2)14-13(15(22-4)18(3)17-14)9-16-12-7-6-8-19(10-12)23(5,20)21/h11-12,16H,6-10H2,1-5H3/t12-/m0/s1. The highest BCUT2D eigenvalue weighted by Crippen LogP contribution is 2.27. The molecule has 0 aliphatic carbocycles. The van der Waals surface area contributed by atoms with Crippen molar-refractivity contribution in [1.82, 2.24) is 19.4 Å². The van der Waals surface area contributed by atoms with Crippen molar-refractivity contribution in [2.75, 3.05) is 26.5 Å². The van der Waals surface area contributed by atoms with Gasteiger partial charge in [-0.1, -0.05) is 13.8 Å². The van der Waals surface area contributed by atoms with Gasteiger partial charge in [0.25, 0.3) is 0 Å². The van der Waals surface area contributed by atoms with Gasteiger partial charge in [-0.2, -0.15) is 5.10 Å². The fourth-order valence-corrected chi connectivity index (χ4v) is 4.03. The lowest BCUT2D eigenvalue weighted by molar-refractivity contribution is 0.282. The van der Waals surface area contributed by atoms with Gasteiger partial charge in [-0.05, 0) is 18.8 Å². The summed E-state index contributed by atoms with van der Waals surface area (Å²) in [6.45, 7) is 5.99. The number of hydrogen-bond acceptors (Lipinski definition) is 5. The van der Waals surface area contributed by atoms with Crippen molar-refractivity contribution in [2.45, 2.75) is 45.2 Å². The van der Waals surface area contributed by atoms with E-state index in [0.29, 0.717) is 25.6 Å². The van der Waals surface area contributed by atoms with E-state index in [1.807, 2.05) is 7.05 Å². The number of hydrogen-bond donors (Lipinski definition) is 1. The average Bonchev–Trinajstić information content (AvgIpc) is 2.80. The summed E-state index contributed by atoms with van der Waals surface area (Å²) in [6, 6.07) is 0.156. The lowest BCUT2D eigenvalue weighted by Crippen LogP contribution is -2.47. The maximum absolute atomic E-state index is 11.7. The van der Waals surface area contributed by atoms with Gasteiger partial charge >= 0.3 is 0 Å². The molecule has 1 aromatic rings. The van der Waals surface area contributed by atoms with Gasteiger partial charge in [-0.3, -0.25) is 0 Å². The predicted molar refractivity (Wildman–Crippen MR) is 90.1 cm³/mol. The summed E-state index contributed by atoms with van der Waals surface area (Å²) < 4.78 is 32.2. The van der Waals surface area contributed by atoms with Crippen molar-refractivity contribution >= 4 is 10.0 Å². The molecule has 0 radical (unpaired) electrons. The quantitative estimate of drug-likeness (QED) is 0.835. The average molecular weight is 344 g/mol. The molecule has 1 N–H and O–H groups in total. The number of rotatable bonds is 6. The first-order valence-corrected chi connectivity index (χ1v) is 9.87. The second-order valence-electron chi connectivity index (χ2n) is 6.49. The van der Waals surface area contributed by atoms with Gasteiger partial charge in [0.1, 0.15) is 0 Å². The highest BCUT2D eigenvalue weighted by molar-refractivity contribution is 7.88. The normalized spacial score (nSPS) is 20.2. The van der Waals surface area contributed by atoms with E-state index in [2.05, 4.69) is 24.3 Å². The summed E-state index contributed by atoms with van der Waals surface area (Å²) in [7, 11) is 0.405. The van der Waals surface area contributed by atoms with E-state index in [4.69, 9.17) is 4.74 Å². The molecule has 0 unspecified atom stereocenters. The first-order chi connectivity index (χ1) is 10.7. The van der Waals surface area contributed by atoms with Gasteiger partial charge in [0.05, 0.1) is 24.6 Å². The van der Waals surface area contributed by atoms with E-state index in [0.717, 1.165) is 30.0 Å². The monoisotopic (exact) mass is 344 g/mol. The van der Waals surface area contributed by atoms with Crippen LogP contribution < -0.4 is 10.1 Å². The molecule has 1 aliphatic rings. The molecule has 0 amide bonds. The molecule has 0 spiro atoms. The zero-order valence-corrected chi connectivity index (χ0v) is 15.5. The molecule has 2 rings (SSSR count). The Morgan fingerprint density at radius 1 is 1.43 bits per heavy atom. The summed E-state index contributed by atoms with van der Waals surface area (Å²) in [5.74, 6) is 1.07. The molecular weight excluding hydrogens is 316 g/mol. The van der Waals surface area contributed by atoms with Crippen LogP contribution >= 0.6 is 0 Å². The smallest absolute Gasteiger partial charge is 0.216 e. The molecule has 7 nitrogen and oxygen atoms in total. The number of sulfonamides is 1. The van der Waals surface area contributed by atoms with Gasteiger partial charge in [-0.15, -0.1) is 0 Å². The van der Waals surface area contributed by atoms with Crippen LogP contribution in [0.5, 0.6) is 5.88 Å². The van der Waals surface area contributed by atoms with Gasteiger partial charge in [0.15, 0.2) is 0 Å². The van der Waals surface area contributed by atoms with E-state index < -0.39 is 10.0 Å². The third-order valence-electron chi connectivity index (χ3n) is 4.28. The van der Waals surface area contributed by atoms with Crippen LogP contribution in [-0.4, -0.2) is 55.0 Å². The van der Waals surface area contributed by atoms with Crippen LogP contribution in [0.2, 0.25) is 0 Å². The number of methoxy groups -OCH3 is 1. The van der Waals surface area contributed by atoms with Gasteiger partial charge in [0.2, 0.25) is 15.9 Å². The minimum atomic E-state index is -3.12.